The van der Waals surface area contributed by atoms with E-state index in [2.05, 4.69) is 24.0 Å². The van der Waals surface area contributed by atoms with E-state index in [1.807, 2.05) is 50.2 Å². The van der Waals surface area contributed by atoms with Gasteiger partial charge in [-0.3, -0.25) is 0 Å². The van der Waals surface area contributed by atoms with Gasteiger partial charge in [0.1, 0.15) is 11.3 Å². The maximum Gasteiger partial charge on any atom is 0.881 e. The van der Waals surface area contributed by atoms with Crippen molar-refractivity contribution in [3.05, 3.63) is 65.4 Å². The first-order valence-electron chi connectivity index (χ1n) is 7.23. The van der Waals surface area contributed by atoms with Gasteiger partial charge in [-0.2, -0.15) is 0 Å². The molecular formula is C18H17AlNO2. The molecule has 0 saturated carbocycles. The fourth-order valence-electron chi connectivity index (χ4n) is 2.34. The van der Waals surface area contributed by atoms with Crippen LogP contribution in [0.4, 0.5) is 0 Å². The standard InChI is InChI=1S/C11H11NO.C7H8O.Al/c1-7-3-6-10(13)11-9(7)5-4-8(2)12-11;1-6-4-2-3-5-7(6)8;/h3-6,13H,1-2H3;2-5,8H,1H3;/q;;+2/p-2. The van der Waals surface area contributed by atoms with Crippen LogP contribution in [0.15, 0.2) is 48.5 Å². The van der Waals surface area contributed by atoms with E-state index >= 15 is 0 Å². The monoisotopic (exact) mass is 306 g/mol. The van der Waals surface area contributed by atoms with Crippen molar-refractivity contribution in [2.24, 2.45) is 0 Å². The van der Waals surface area contributed by atoms with Crippen LogP contribution < -0.4 is 7.58 Å². The lowest BCUT2D eigenvalue weighted by Crippen LogP contribution is -2.12. The fourth-order valence-corrected chi connectivity index (χ4v) is 3.05. The molecule has 2 aromatic carbocycles. The minimum Gasteiger partial charge on any atom is -0.616 e. The molecule has 0 atom stereocenters. The molecule has 0 aliphatic heterocycles. The number of para-hydroxylation sites is 1. The molecule has 0 bridgehead atoms. The van der Waals surface area contributed by atoms with E-state index in [4.69, 9.17) is 7.58 Å². The Bertz CT molecular complexity index is 817. The minimum absolute atomic E-state index is 0.630. The molecule has 0 amide bonds. The van der Waals surface area contributed by atoms with Gasteiger partial charge in [-0.05, 0) is 50.1 Å². The summed E-state index contributed by atoms with van der Waals surface area (Å²) in [6.45, 7) is 6.10. The van der Waals surface area contributed by atoms with Gasteiger partial charge in [-0.1, -0.05) is 30.3 Å². The van der Waals surface area contributed by atoms with Gasteiger partial charge < -0.3 is 7.58 Å². The summed E-state index contributed by atoms with van der Waals surface area (Å²) in [5.74, 6) is 1.66. The first-order valence-corrected chi connectivity index (χ1v) is 8.17. The third-order valence-corrected chi connectivity index (χ3v) is 4.32. The summed E-state index contributed by atoms with van der Waals surface area (Å²) >= 11 is -0.630. The fraction of sp³-hybridized carbons (Fsp3) is 0.167. The van der Waals surface area contributed by atoms with Crippen molar-refractivity contribution in [3.8, 4) is 11.5 Å². The van der Waals surface area contributed by atoms with Gasteiger partial charge in [0.25, 0.3) is 0 Å². The van der Waals surface area contributed by atoms with E-state index in [0.717, 1.165) is 33.7 Å². The average molecular weight is 306 g/mol. The summed E-state index contributed by atoms with van der Waals surface area (Å²) < 4.78 is 11.7. The SMILES string of the molecule is Cc1ccc2c(C)ccc([O][Al][O]c3ccccc3C)c2n1. The first kappa shape index (κ1) is 14.9. The van der Waals surface area contributed by atoms with Gasteiger partial charge in [0, 0.05) is 11.1 Å². The van der Waals surface area contributed by atoms with Gasteiger partial charge in [-0.25, -0.2) is 4.98 Å². The Labute approximate surface area is 137 Å². The number of benzene rings is 2. The number of nitrogens with zero attached hydrogens (tertiary/aromatic N) is 1. The quantitative estimate of drug-likeness (QED) is 0.678. The van der Waals surface area contributed by atoms with Crippen molar-refractivity contribution < 1.29 is 7.58 Å². The summed E-state index contributed by atoms with van der Waals surface area (Å²) in [5, 5.41) is 1.12. The molecule has 0 fully saturated rings. The smallest absolute Gasteiger partial charge is 0.616 e. The van der Waals surface area contributed by atoms with E-state index in [9.17, 15) is 0 Å². The van der Waals surface area contributed by atoms with Crippen LogP contribution in [0.2, 0.25) is 0 Å². The number of pyridine rings is 1. The van der Waals surface area contributed by atoms with E-state index in [0.29, 0.717) is 0 Å². The van der Waals surface area contributed by atoms with Gasteiger partial charge >= 0.3 is 15.9 Å². The Morgan fingerprint density at radius 2 is 1.55 bits per heavy atom. The number of rotatable bonds is 4. The van der Waals surface area contributed by atoms with Crippen LogP contribution in [-0.4, -0.2) is 20.9 Å². The van der Waals surface area contributed by atoms with E-state index in [-0.39, 0.29) is 0 Å². The van der Waals surface area contributed by atoms with Crippen LogP contribution >= 0.6 is 0 Å². The molecule has 0 unspecified atom stereocenters. The molecule has 0 aliphatic rings. The Balaban J connectivity index is 1.81. The summed E-state index contributed by atoms with van der Waals surface area (Å²) in [7, 11) is 0. The minimum atomic E-state index is -0.630. The topological polar surface area (TPSA) is 31.4 Å². The lowest BCUT2D eigenvalue weighted by Gasteiger charge is -2.13. The molecule has 0 spiro atoms. The lowest BCUT2D eigenvalue weighted by atomic mass is 10.1. The van der Waals surface area contributed by atoms with Crippen LogP contribution in [0.5, 0.6) is 11.5 Å². The molecule has 4 heteroatoms. The molecule has 0 saturated heterocycles. The second-order valence-corrected chi connectivity index (χ2v) is 5.99. The van der Waals surface area contributed by atoms with Gasteiger partial charge in [0.05, 0.1) is 5.75 Å². The highest BCUT2D eigenvalue weighted by atomic mass is 27.2. The summed E-state index contributed by atoms with van der Waals surface area (Å²) in [6.07, 6.45) is 0. The van der Waals surface area contributed by atoms with Gasteiger partial charge in [-0.15, -0.1) is 0 Å². The van der Waals surface area contributed by atoms with Crippen molar-refractivity contribution >= 4 is 26.8 Å². The number of fused-ring (bicyclic) bond motifs is 1. The van der Waals surface area contributed by atoms with E-state index in [1.54, 1.807) is 0 Å². The molecule has 1 aromatic heterocycles. The van der Waals surface area contributed by atoms with Crippen LogP contribution in [0.3, 0.4) is 0 Å². The highest BCUT2D eigenvalue weighted by Crippen LogP contribution is 2.27. The molecule has 0 aliphatic carbocycles. The predicted molar refractivity (Wildman–Crippen MR) is 89.4 cm³/mol. The lowest BCUT2D eigenvalue weighted by molar-refractivity contribution is 0.459. The Morgan fingerprint density at radius 3 is 2.36 bits per heavy atom. The zero-order valence-corrected chi connectivity index (χ0v) is 14.1. The van der Waals surface area contributed by atoms with Crippen molar-refractivity contribution in [1.29, 1.82) is 0 Å². The second-order valence-electron chi connectivity index (χ2n) is 5.33. The highest BCUT2D eigenvalue weighted by molar-refractivity contribution is 6.21. The second kappa shape index (κ2) is 6.39. The summed E-state index contributed by atoms with van der Waals surface area (Å²) in [5.41, 5.74) is 4.20. The maximum absolute atomic E-state index is 5.89. The first-order chi connectivity index (χ1) is 10.6. The molecule has 3 aromatic rings. The number of aryl methyl sites for hydroxylation is 3. The highest BCUT2D eigenvalue weighted by Gasteiger charge is 2.11. The van der Waals surface area contributed by atoms with Gasteiger partial charge in [0.2, 0.25) is 0 Å². The zero-order chi connectivity index (χ0) is 15.5. The molecule has 1 heterocycles. The molecule has 22 heavy (non-hydrogen) atoms. The van der Waals surface area contributed by atoms with Crippen molar-refractivity contribution in [2.75, 3.05) is 0 Å². The number of hydrogen-bond donors (Lipinski definition) is 0. The predicted octanol–water partition coefficient (Wildman–Crippen LogP) is 4.15. The molecule has 0 N–H and O–H groups in total. The van der Waals surface area contributed by atoms with Crippen LogP contribution in [-0.2, 0) is 0 Å². The Kier molecular flexibility index (Phi) is 4.33. The normalized spacial score (nSPS) is 10.5. The summed E-state index contributed by atoms with van der Waals surface area (Å²) in [4.78, 5) is 4.61. The van der Waals surface area contributed by atoms with Gasteiger partial charge in [0.15, 0.2) is 0 Å². The Morgan fingerprint density at radius 1 is 0.773 bits per heavy atom. The Hall–Kier alpha value is -2.02. The molecule has 3 nitrogen and oxygen atoms in total. The van der Waals surface area contributed by atoms with Crippen LogP contribution in [0.1, 0.15) is 16.8 Å². The number of hydrogen-bond acceptors (Lipinski definition) is 3. The molecule has 3 rings (SSSR count). The molecular weight excluding hydrogens is 289 g/mol. The largest absolute Gasteiger partial charge is 0.881 e. The molecule has 1 radical (unpaired) electrons. The third-order valence-electron chi connectivity index (χ3n) is 3.62. The van der Waals surface area contributed by atoms with Crippen molar-refractivity contribution in [3.63, 3.8) is 0 Å². The van der Waals surface area contributed by atoms with Crippen LogP contribution in [0.25, 0.3) is 10.9 Å². The number of aromatic nitrogens is 1. The van der Waals surface area contributed by atoms with E-state index in [1.165, 1.54) is 5.56 Å². The van der Waals surface area contributed by atoms with Crippen LogP contribution in [0, 0.1) is 20.8 Å². The molecule has 109 valence electrons. The average Bonchev–Trinajstić information content (AvgIpc) is 2.51. The maximum atomic E-state index is 5.89. The third kappa shape index (κ3) is 3.09. The van der Waals surface area contributed by atoms with Crippen molar-refractivity contribution in [2.45, 2.75) is 20.8 Å². The summed E-state index contributed by atoms with van der Waals surface area (Å²) in [6, 6.07) is 16.1. The zero-order valence-electron chi connectivity index (χ0n) is 13.0. The van der Waals surface area contributed by atoms with Crippen molar-refractivity contribution in [1.82, 2.24) is 4.98 Å². The van der Waals surface area contributed by atoms with E-state index < -0.39 is 15.9 Å².